The number of methoxy groups -OCH3 is 1. The molecule has 1 fully saturated rings. The number of rotatable bonds is 6. The van der Waals surface area contributed by atoms with Gasteiger partial charge >= 0.3 is 5.91 Å². The Hall–Kier alpha value is -3.88. The molecule has 0 bridgehead atoms. The number of Topliss-reactive ketones (excluding diaryl/α,β-unsaturated/α-hetero) is 1. The van der Waals surface area contributed by atoms with Gasteiger partial charge in [0.25, 0.3) is 5.78 Å². The number of aliphatic hydroxyl groups excluding tert-OH is 1. The number of ketones is 1. The van der Waals surface area contributed by atoms with Crippen LogP contribution in [-0.2, 0) is 9.59 Å². The number of aromatic nitrogens is 1. The van der Waals surface area contributed by atoms with E-state index >= 15 is 0 Å². The lowest BCUT2D eigenvalue weighted by molar-refractivity contribution is -0.132. The first-order valence-electron chi connectivity index (χ1n) is 11.2. The summed E-state index contributed by atoms with van der Waals surface area (Å²) in [5.41, 5.74) is 1.58. The smallest absolute Gasteiger partial charge is 0.301 e. The number of benzene rings is 3. The molecule has 1 aromatic heterocycles. The van der Waals surface area contributed by atoms with Gasteiger partial charge in [0.05, 0.1) is 35.5 Å². The summed E-state index contributed by atoms with van der Waals surface area (Å²) in [5.74, 6) is -0.586. The van der Waals surface area contributed by atoms with Crippen LogP contribution in [0.1, 0.15) is 24.1 Å². The fourth-order valence-electron chi connectivity index (χ4n) is 4.18. The molecule has 1 amide bonds. The molecule has 9 heteroatoms. The third-order valence-electron chi connectivity index (χ3n) is 5.84. The first-order chi connectivity index (χ1) is 17.4. The van der Waals surface area contributed by atoms with Crippen LogP contribution in [0.5, 0.6) is 11.5 Å². The van der Waals surface area contributed by atoms with Crippen molar-refractivity contribution in [2.24, 2.45) is 0 Å². The first-order valence-corrected chi connectivity index (χ1v) is 12.3. The van der Waals surface area contributed by atoms with E-state index in [2.05, 4.69) is 4.98 Å². The van der Waals surface area contributed by atoms with Gasteiger partial charge in [-0.05, 0) is 67.1 Å². The molecule has 5 rings (SSSR count). The number of ether oxygens (including phenoxy) is 2. The van der Waals surface area contributed by atoms with Crippen LogP contribution < -0.4 is 14.4 Å². The topological polar surface area (TPSA) is 89.0 Å². The van der Waals surface area contributed by atoms with Gasteiger partial charge in [-0.25, -0.2) is 4.98 Å². The van der Waals surface area contributed by atoms with E-state index in [9.17, 15) is 14.7 Å². The van der Waals surface area contributed by atoms with E-state index in [1.54, 1.807) is 48.5 Å². The number of aliphatic hydroxyl groups is 1. The second kappa shape index (κ2) is 9.64. The molecule has 182 valence electrons. The maximum Gasteiger partial charge on any atom is 0.301 e. The van der Waals surface area contributed by atoms with Crippen molar-refractivity contribution in [2.45, 2.75) is 13.0 Å². The van der Waals surface area contributed by atoms with Crippen molar-refractivity contribution in [3.05, 3.63) is 88.5 Å². The van der Waals surface area contributed by atoms with E-state index in [1.165, 1.54) is 23.3 Å². The summed E-state index contributed by atoms with van der Waals surface area (Å²) in [7, 11) is 1.54. The Kier molecular flexibility index (Phi) is 6.38. The van der Waals surface area contributed by atoms with Crippen LogP contribution in [0.2, 0.25) is 5.02 Å². The van der Waals surface area contributed by atoms with Crippen molar-refractivity contribution in [2.75, 3.05) is 18.6 Å². The molecule has 3 aromatic carbocycles. The average molecular weight is 521 g/mol. The summed E-state index contributed by atoms with van der Waals surface area (Å²) in [6, 6.07) is 18.0. The molecule has 2 heterocycles. The third kappa shape index (κ3) is 4.19. The van der Waals surface area contributed by atoms with Crippen molar-refractivity contribution >= 4 is 55.7 Å². The van der Waals surface area contributed by atoms with Crippen LogP contribution in [0.25, 0.3) is 16.0 Å². The monoisotopic (exact) mass is 520 g/mol. The number of anilines is 1. The molecule has 0 saturated carbocycles. The maximum absolute atomic E-state index is 13.4. The summed E-state index contributed by atoms with van der Waals surface area (Å²) >= 11 is 7.54. The minimum Gasteiger partial charge on any atom is -0.507 e. The summed E-state index contributed by atoms with van der Waals surface area (Å²) in [6.45, 7) is 2.42. The van der Waals surface area contributed by atoms with E-state index < -0.39 is 17.7 Å². The molecule has 1 saturated heterocycles. The Balaban J connectivity index is 1.68. The number of carbonyl (C=O) groups excluding carboxylic acids is 2. The van der Waals surface area contributed by atoms with E-state index in [-0.39, 0.29) is 11.3 Å². The summed E-state index contributed by atoms with van der Waals surface area (Å²) in [5, 5.41) is 12.0. The summed E-state index contributed by atoms with van der Waals surface area (Å²) in [4.78, 5) is 32.7. The third-order valence-corrected chi connectivity index (χ3v) is 7.09. The molecule has 7 nitrogen and oxygen atoms in total. The predicted molar refractivity (Wildman–Crippen MR) is 140 cm³/mol. The minimum absolute atomic E-state index is 0.0401. The molecule has 0 aliphatic carbocycles. The van der Waals surface area contributed by atoms with Gasteiger partial charge in [-0.1, -0.05) is 35.1 Å². The van der Waals surface area contributed by atoms with Crippen LogP contribution in [0.4, 0.5) is 5.13 Å². The van der Waals surface area contributed by atoms with E-state index in [0.717, 1.165) is 4.70 Å². The molecule has 4 aromatic rings. The number of hydrogen-bond acceptors (Lipinski definition) is 7. The van der Waals surface area contributed by atoms with Gasteiger partial charge in [0, 0.05) is 10.6 Å². The van der Waals surface area contributed by atoms with E-state index in [0.29, 0.717) is 44.9 Å². The molecule has 0 radical (unpaired) electrons. The standard InChI is InChI=1S/C27H21ClN2O5S/c1-3-35-19-11-12-20-21(14-19)36-27(29-20)30-23(16-5-4-6-17(28)13-16)22(25(32)26(30)33)24(31)15-7-9-18(34-2)10-8-15/h4-14,23,31H,3H2,1-2H3/t23-/m1/s1. The lowest BCUT2D eigenvalue weighted by Gasteiger charge is -2.23. The Morgan fingerprint density at radius 1 is 1.08 bits per heavy atom. The number of carbonyl (C=O) groups is 2. The van der Waals surface area contributed by atoms with Crippen LogP contribution in [-0.4, -0.2) is 35.5 Å². The van der Waals surface area contributed by atoms with Crippen LogP contribution >= 0.6 is 22.9 Å². The predicted octanol–water partition coefficient (Wildman–Crippen LogP) is 5.98. The van der Waals surface area contributed by atoms with Crippen molar-refractivity contribution in [3.8, 4) is 11.5 Å². The zero-order valence-electron chi connectivity index (χ0n) is 19.4. The SMILES string of the molecule is CCOc1ccc2nc(N3C(=O)C(=O)C(=C(O)c4ccc(OC)cc4)[C@H]3c3cccc(Cl)c3)sc2c1. The molecule has 1 N–H and O–H groups in total. The van der Waals surface area contributed by atoms with Crippen molar-refractivity contribution in [1.29, 1.82) is 0 Å². The number of nitrogens with zero attached hydrogens (tertiary/aromatic N) is 2. The molecule has 36 heavy (non-hydrogen) atoms. The highest BCUT2D eigenvalue weighted by Crippen LogP contribution is 2.45. The van der Waals surface area contributed by atoms with Crippen molar-refractivity contribution in [3.63, 3.8) is 0 Å². The summed E-state index contributed by atoms with van der Waals surface area (Å²) in [6.07, 6.45) is 0. The Morgan fingerprint density at radius 2 is 1.83 bits per heavy atom. The zero-order valence-corrected chi connectivity index (χ0v) is 21.0. The van der Waals surface area contributed by atoms with Gasteiger partial charge in [-0.3, -0.25) is 14.5 Å². The van der Waals surface area contributed by atoms with Gasteiger partial charge in [0.2, 0.25) is 0 Å². The quantitative estimate of drug-likeness (QED) is 0.191. The molecule has 1 atom stereocenters. The van der Waals surface area contributed by atoms with Crippen LogP contribution in [0.15, 0.2) is 72.3 Å². The second-order valence-corrected chi connectivity index (χ2v) is 9.46. The second-order valence-electron chi connectivity index (χ2n) is 8.01. The van der Waals surface area contributed by atoms with Gasteiger partial charge in [0.15, 0.2) is 5.13 Å². The fraction of sp³-hybridized carbons (Fsp3) is 0.148. The molecule has 1 aliphatic heterocycles. The highest BCUT2D eigenvalue weighted by molar-refractivity contribution is 7.22. The lowest BCUT2D eigenvalue weighted by atomic mass is 9.95. The van der Waals surface area contributed by atoms with Crippen LogP contribution in [0, 0.1) is 0 Å². The van der Waals surface area contributed by atoms with Gasteiger partial charge in [-0.2, -0.15) is 0 Å². The van der Waals surface area contributed by atoms with Crippen LogP contribution in [0.3, 0.4) is 0 Å². The average Bonchev–Trinajstić information content (AvgIpc) is 3.41. The van der Waals surface area contributed by atoms with Gasteiger partial charge in [0.1, 0.15) is 17.3 Å². The molecule has 0 unspecified atom stereocenters. The van der Waals surface area contributed by atoms with E-state index in [1.807, 2.05) is 25.1 Å². The highest BCUT2D eigenvalue weighted by atomic mass is 35.5. The molecular formula is C27H21ClN2O5S. The van der Waals surface area contributed by atoms with Crippen molar-refractivity contribution in [1.82, 2.24) is 4.98 Å². The van der Waals surface area contributed by atoms with Crippen molar-refractivity contribution < 1.29 is 24.2 Å². The molecule has 1 aliphatic rings. The molecular weight excluding hydrogens is 500 g/mol. The number of halogens is 1. The largest absolute Gasteiger partial charge is 0.507 e. The number of fused-ring (bicyclic) bond motifs is 1. The Labute approximate surface area is 216 Å². The number of hydrogen-bond donors (Lipinski definition) is 1. The Morgan fingerprint density at radius 3 is 2.53 bits per heavy atom. The number of thiazole rings is 1. The summed E-state index contributed by atoms with van der Waals surface area (Å²) < 4.78 is 11.6. The minimum atomic E-state index is -0.919. The van der Waals surface area contributed by atoms with Gasteiger partial charge in [-0.15, -0.1) is 0 Å². The fourth-order valence-corrected chi connectivity index (χ4v) is 5.40. The highest BCUT2D eigenvalue weighted by Gasteiger charge is 2.48. The maximum atomic E-state index is 13.4. The Bertz CT molecular complexity index is 1510. The van der Waals surface area contributed by atoms with E-state index in [4.69, 9.17) is 21.1 Å². The first kappa shape index (κ1) is 23.8. The normalized spacial score (nSPS) is 17.1. The van der Waals surface area contributed by atoms with Gasteiger partial charge < -0.3 is 14.6 Å². The number of amides is 1. The lowest BCUT2D eigenvalue weighted by Crippen LogP contribution is -2.29. The molecule has 0 spiro atoms. The zero-order chi connectivity index (χ0) is 25.4.